The molecule has 4 nitrogen and oxygen atoms in total. The van der Waals surface area contributed by atoms with Crippen molar-refractivity contribution >= 4 is 27.9 Å². The lowest BCUT2D eigenvalue weighted by atomic mass is 10.1. The summed E-state index contributed by atoms with van der Waals surface area (Å²) >= 11 is 3.31. The maximum atomic E-state index is 13.2. The van der Waals surface area contributed by atoms with Crippen molar-refractivity contribution < 1.29 is 23.5 Å². The first-order valence-corrected chi connectivity index (χ1v) is 10.4. The van der Waals surface area contributed by atoms with Crippen LogP contribution in [0.5, 0.6) is 0 Å². The average Bonchev–Trinajstić information content (AvgIpc) is 2.62. The van der Waals surface area contributed by atoms with Crippen molar-refractivity contribution in [3.63, 3.8) is 0 Å². The number of carbonyl (C=O) groups is 2. The van der Waals surface area contributed by atoms with Crippen LogP contribution in [-0.2, 0) is 25.7 Å². The van der Waals surface area contributed by atoms with Crippen molar-refractivity contribution in [2.45, 2.75) is 71.8 Å². The van der Waals surface area contributed by atoms with Gasteiger partial charge in [-0.25, -0.2) is 4.39 Å². The molecule has 0 aliphatic rings. The molecule has 152 valence electrons. The Hall–Kier alpha value is -1.43. The summed E-state index contributed by atoms with van der Waals surface area (Å²) in [5, 5.41) is 0. The Morgan fingerprint density at radius 2 is 1.52 bits per heavy atom. The van der Waals surface area contributed by atoms with Crippen molar-refractivity contribution in [2.24, 2.45) is 5.92 Å². The first-order valence-electron chi connectivity index (χ1n) is 9.63. The van der Waals surface area contributed by atoms with Gasteiger partial charge in [-0.05, 0) is 37.0 Å². The molecule has 0 amide bonds. The van der Waals surface area contributed by atoms with E-state index in [1.807, 2.05) is 13.8 Å². The van der Waals surface area contributed by atoms with E-state index in [0.29, 0.717) is 30.9 Å². The van der Waals surface area contributed by atoms with Gasteiger partial charge in [0.2, 0.25) is 0 Å². The second-order valence-electron chi connectivity index (χ2n) is 7.09. The van der Waals surface area contributed by atoms with E-state index in [0.717, 1.165) is 43.0 Å². The number of rotatable bonds is 13. The van der Waals surface area contributed by atoms with Crippen LogP contribution in [0.2, 0.25) is 0 Å². The van der Waals surface area contributed by atoms with Crippen LogP contribution in [0.3, 0.4) is 0 Å². The molecule has 0 radical (unpaired) electrons. The molecular weight excluding hydrogens is 415 g/mol. The summed E-state index contributed by atoms with van der Waals surface area (Å²) in [6, 6.07) is 4.31. The maximum Gasteiger partial charge on any atom is 0.306 e. The Bertz CT molecular complexity index is 590. The predicted octanol–water partition coefficient (Wildman–Crippen LogP) is 5.95. The molecule has 0 saturated heterocycles. The number of carbonyl (C=O) groups excluding carboxylic acids is 2. The van der Waals surface area contributed by atoms with E-state index in [9.17, 15) is 14.0 Å². The minimum atomic E-state index is -0.350. The van der Waals surface area contributed by atoms with E-state index in [1.54, 1.807) is 6.07 Å². The highest BCUT2D eigenvalue weighted by Crippen LogP contribution is 2.19. The van der Waals surface area contributed by atoms with Crippen LogP contribution in [0.15, 0.2) is 22.7 Å². The zero-order chi connectivity index (χ0) is 20.1. The fourth-order valence-corrected chi connectivity index (χ4v) is 2.82. The van der Waals surface area contributed by atoms with Crippen LogP contribution in [0.4, 0.5) is 4.39 Å². The highest BCUT2D eigenvalue weighted by molar-refractivity contribution is 9.10. The molecule has 0 aliphatic heterocycles. The van der Waals surface area contributed by atoms with E-state index in [-0.39, 0.29) is 24.4 Å². The zero-order valence-electron chi connectivity index (χ0n) is 16.3. The van der Waals surface area contributed by atoms with E-state index in [4.69, 9.17) is 9.47 Å². The van der Waals surface area contributed by atoms with E-state index < -0.39 is 0 Å². The Morgan fingerprint density at radius 1 is 0.963 bits per heavy atom. The molecule has 0 spiro atoms. The molecule has 6 heteroatoms. The van der Waals surface area contributed by atoms with Gasteiger partial charge in [0.05, 0.1) is 6.61 Å². The Morgan fingerprint density at radius 3 is 2.11 bits per heavy atom. The van der Waals surface area contributed by atoms with E-state index in [2.05, 4.69) is 15.9 Å². The topological polar surface area (TPSA) is 52.6 Å². The summed E-state index contributed by atoms with van der Waals surface area (Å²) in [6.45, 7) is 4.60. The van der Waals surface area contributed by atoms with Gasteiger partial charge in [-0.2, -0.15) is 0 Å². The number of hydrogen-bond donors (Lipinski definition) is 0. The van der Waals surface area contributed by atoms with Crippen LogP contribution in [0.25, 0.3) is 0 Å². The second-order valence-corrected chi connectivity index (χ2v) is 7.95. The first-order chi connectivity index (χ1) is 12.9. The lowest BCUT2D eigenvalue weighted by molar-refractivity contribution is -0.145. The summed E-state index contributed by atoms with van der Waals surface area (Å²) in [7, 11) is 0. The average molecular weight is 445 g/mol. The summed E-state index contributed by atoms with van der Waals surface area (Å²) in [5.74, 6) is -0.358. The van der Waals surface area contributed by atoms with Crippen LogP contribution >= 0.6 is 15.9 Å². The number of halogens is 2. The van der Waals surface area contributed by atoms with Crippen LogP contribution < -0.4 is 0 Å². The fraction of sp³-hybridized carbons (Fsp3) is 0.619. The summed E-state index contributed by atoms with van der Waals surface area (Å²) in [6.07, 6.45) is 6.50. The van der Waals surface area contributed by atoms with E-state index in [1.165, 1.54) is 12.1 Å². The molecule has 0 bridgehead atoms. The summed E-state index contributed by atoms with van der Waals surface area (Å²) < 4.78 is 24.2. The van der Waals surface area contributed by atoms with Gasteiger partial charge in [-0.3, -0.25) is 9.59 Å². The van der Waals surface area contributed by atoms with Gasteiger partial charge in [0.15, 0.2) is 0 Å². The number of esters is 2. The zero-order valence-corrected chi connectivity index (χ0v) is 17.9. The third-order valence-electron chi connectivity index (χ3n) is 3.99. The third kappa shape index (κ3) is 11.8. The molecule has 0 saturated carbocycles. The molecule has 1 aromatic rings. The lowest BCUT2D eigenvalue weighted by Gasteiger charge is -2.07. The van der Waals surface area contributed by atoms with Crippen LogP contribution in [0, 0.1) is 11.7 Å². The first kappa shape index (κ1) is 23.6. The molecule has 0 aromatic heterocycles. The van der Waals surface area contributed by atoms with Crippen molar-refractivity contribution in [2.75, 3.05) is 6.61 Å². The van der Waals surface area contributed by atoms with Gasteiger partial charge >= 0.3 is 11.9 Å². The third-order valence-corrected chi connectivity index (χ3v) is 4.76. The standard InChI is InChI=1S/C21H30BrFO4/c1-16(2)14-26-20(24)9-7-5-3-4-6-8-10-21(25)27-15-17-13-18(23)11-12-19(17)22/h11-13,16H,3-10,14-15H2,1-2H3. The molecule has 0 aliphatic carbocycles. The van der Waals surface area contributed by atoms with Gasteiger partial charge in [0.1, 0.15) is 12.4 Å². The van der Waals surface area contributed by atoms with Gasteiger partial charge < -0.3 is 9.47 Å². The number of unbranched alkanes of at least 4 members (excludes halogenated alkanes) is 5. The van der Waals surface area contributed by atoms with E-state index >= 15 is 0 Å². The SMILES string of the molecule is CC(C)COC(=O)CCCCCCCCC(=O)OCc1cc(F)ccc1Br. The minimum absolute atomic E-state index is 0.0735. The molecule has 0 fully saturated rings. The second kappa shape index (κ2) is 13.7. The van der Waals surface area contributed by atoms with Crippen LogP contribution in [0.1, 0.15) is 70.8 Å². The monoisotopic (exact) mass is 444 g/mol. The molecule has 27 heavy (non-hydrogen) atoms. The van der Waals surface area contributed by atoms with Crippen molar-refractivity contribution in [1.82, 2.24) is 0 Å². The molecule has 1 rings (SSSR count). The maximum absolute atomic E-state index is 13.2. The molecule has 1 aromatic carbocycles. The van der Waals surface area contributed by atoms with Crippen LogP contribution in [-0.4, -0.2) is 18.5 Å². The fourth-order valence-electron chi connectivity index (χ4n) is 2.46. The Balaban J connectivity index is 1.99. The molecule has 0 unspecified atom stereocenters. The van der Waals surface area contributed by atoms with Crippen molar-refractivity contribution in [3.05, 3.63) is 34.1 Å². The normalized spacial score (nSPS) is 10.9. The number of hydrogen-bond acceptors (Lipinski definition) is 4. The minimum Gasteiger partial charge on any atom is -0.465 e. The predicted molar refractivity (Wildman–Crippen MR) is 107 cm³/mol. The highest BCUT2D eigenvalue weighted by atomic mass is 79.9. The smallest absolute Gasteiger partial charge is 0.306 e. The van der Waals surface area contributed by atoms with Gasteiger partial charge in [-0.1, -0.05) is 55.5 Å². The molecule has 0 atom stereocenters. The molecule has 0 N–H and O–H groups in total. The largest absolute Gasteiger partial charge is 0.465 e. The van der Waals surface area contributed by atoms with Gasteiger partial charge in [-0.15, -0.1) is 0 Å². The number of ether oxygens (including phenoxy) is 2. The van der Waals surface area contributed by atoms with Gasteiger partial charge in [0, 0.05) is 22.9 Å². The quantitative estimate of drug-likeness (QED) is 0.278. The number of benzene rings is 1. The summed E-state index contributed by atoms with van der Waals surface area (Å²) in [4.78, 5) is 23.2. The highest BCUT2D eigenvalue weighted by Gasteiger charge is 2.07. The Kier molecular flexibility index (Phi) is 12.0. The summed E-state index contributed by atoms with van der Waals surface area (Å²) in [5.41, 5.74) is 0.621. The van der Waals surface area contributed by atoms with Gasteiger partial charge in [0.25, 0.3) is 0 Å². The molecule has 0 heterocycles. The molecular formula is C21H30BrFO4. The lowest BCUT2D eigenvalue weighted by Crippen LogP contribution is -2.09. The Labute approximate surface area is 169 Å². The van der Waals surface area contributed by atoms with Crippen molar-refractivity contribution in [1.29, 1.82) is 0 Å². The van der Waals surface area contributed by atoms with Crippen molar-refractivity contribution in [3.8, 4) is 0 Å².